The van der Waals surface area contributed by atoms with Gasteiger partial charge in [0.1, 0.15) is 0 Å². The maximum Gasteiger partial charge on any atom is 0.251 e. The van der Waals surface area contributed by atoms with E-state index in [2.05, 4.69) is 47.0 Å². The van der Waals surface area contributed by atoms with E-state index in [1.807, 2.05) is 24.3 Å². The molecular formula is C15H23BrN2O. The highest BCUT2D eigenvalue weighted by Crippen LogP contribution is 2.10. The average Bonchev–Trinajstić information content (AvgIpc) is 2.38. The van der Waals surface area contributed by atoms with Gasteiger partial charge in [0.2, 0.25) is 0 Å². The minimum Gasteiger partial charge on any atom is -0.352 e. The highest BCUT2D eigenvalue weighted by Gasteiger charge is 2.05. The second-order valence-electron chi connectivity index (χ2n) is 5.04. The Bertz CT molecular complexity index is 390. The molecule has 1 N–H and O–H groups in total. The van der Waals surface area contributed by atoms with E-state index in [-0.39, 0.29) is 5.91 Å². The van der Waals surface area contributed by atoms with Crippen molar-refractivity contribution < 1.29 is 4.79 Å². The first-order valence-corrected chi connectivity index (χ1v) is 7.54. The summed E-state index contributed by atoms with van der Waals surface area (Å²) in [4.78, 5) is 14.1. The molecule has 0 aliphatic heterocycles. The molecule has 0 spiro atoms. The lowest BCUT2D eigenvalue weighted by Gasteiger charge is -2.20. The molecule has 0 aliphatic carbocycles. The Balaban J connectivity index is 2.19. The normalized spacial score (nSPS) is 11.1. The summed E-state index contributed by atoms with van der Waals surface area (Å²) >= 11 is 3.36. The van der Waals surface area contributed by atoms with E-state index in [0.717, 1.165) is 30.4 Å². The first kappa shape index (κ1) is 16.2. The fourth-order valence-corrected chi connectivity index (χ4v) is 1.91. The molecule has 0 saturated carbocycles. The van der Waals surface area contributed by atoms with E-state index >= 15 is 0 Å². The summed E-state index contributed by atoms with van der Waals surface area (Å²) in [5, 5.41) is 2.95. The SMILES string of the molecule is CC(C)N(C)CCCCNC(=O)c1ccc(Br)cc1. The monoisotopic (exact) mass is 326 g/mol. The molecule has 19 heavy (non-hydrogen) atoms. The maximum atomic E-state index is 11.8. The number of nitrogens with one attached hydrogen (secondary N) is 1. The molecule has 0 heterocycles. The molecule has 0 fully saturated rings. The zero-order valence-corrected chi connectivity index (χ0v) is 13.5. The van der Waals surface area contributed by atoms with Crippen molar-refractivity contribution in [3.8, 4) is 0 Å². The van der Waals surface area contributed by atoms with Crippen LogP contribution in [0.3, 0.4) is 0 Å². The lowest BCUT2D eigenvalue weighted by Crippen LogP contribution is -2.29. The molecule has 0 bridgehead atoms. The molecule has 1 aromatic carbocycles. The fourth-order valence-electron chi connectivity index (χ4n) is 1.65. The van der Waals surface area contributed by atoms with E-state index in [1.54, 1.807) is 0 Å². The van der Waals surface area contributed by atoms with Crippen molar-refractivity contribution in [2.75, 3.05) is 20.1 Å². The number of amides is 1. The van der Waals surface area contributed by atoms with Crippen molar-refractivity contribution in [3.63, 3.8) is 0 Å². The first-order chi connectivity index (χ1) is 9.00. The van der Waals surface area contributed by atoms with Gasteiger partial charge in [-0.25, -0.2) is 0 Å². The van der Waals surface area contributed by atoms with Crippen LogP contribution in [-0.2, 0) is 0 Å². The van der Waals surface area contributed by atoms with Crippen LogP contribution in [-0.4, -0.2) is 37.0 Å². The van der Waals surface area contributed by atoms with Crippen molar-refractivity contribution in [2.45, 2.75) is 32.7 Å². The zero-order chi connectivity index (χ0) is 14.3. The third-order valence-corrected chi connectivity index (χ3v) is 3.74. The third kappa shape index (κ3) is 6.21. The fraction of sp³-hybridized carbons (Fsp3) is 0.533. The van der Waals surface area contributed by atoms with Gasteiger partial charge in [-0.1, -0.05) is 15.9 Å². The summed E-state index contributed by atoms with van der Waals surface area (Å²) in [6.07, 6.45) is 2.12. The Labute approximate surface area is 124 Å². The van der Waals surface area contributed by atoms with Crippen LogP contribution in [0.25, 0.3) is 0 Å². The number of carbonyl (C=O) groups is 1. The number of unbranched alkanes of at least 4 members (excludes halogenated alkanes) is 1. The molecule has 0 unspecified atom stereocenters. The number of nitrogens with zero attached hydrogens (tertiary/aromatic N) is 1. The van der Waals surface area contributed by atoms with Gasteiger partial charge >= 0.3 is 0 Å². The number of hydrogen-bond acceptors (Lipinski definition) is 2. The molecule has 106 valence electrons. The Morgan fingerprint density at radius 3 is 2.47 bits per heavy atom. The van der Waals surface area contributed by atoms with Crippen LogP contribution in [0.15, 0.2) is 28.7 Å². The molecule has 1 amide bonds. The topological polar surface area (TPSA) is 32.3 Å². The molecule has 3 nitrogen and oxygen atoms in total. The van der Waals surface area contributed by atoms with Crippen molar-refractivity contribution in [1.29, 1.82) is 0 Å². The lowest BCUT2D eigenvalue weighted by molar-refractivity contribution is 0.0952. The molecule has 0 aliphatic rings. The van der Waals surface area contributed by atoms with Crippen LogP contribution < -0.4 is 5.32 Å². The molecule has 1 rings (SSSR count). The van der Waals surface area contributed by atoms with Gasteiger partial charge in [0.05, 0.1) is 0 Å². The van der Waals surface area contributed by atoms with Gasteiger partial charge < -0.3 is 10.2 Å². The number of rotatable bonds is 7. The number of hydrogen-bond donors (Lipinski definition) is 1. The van der Waals surface area contributed by atoms with E-state index in [9.17, 15) is 4.79 Å². The highest BCUT2D eigenvalue weighted by atomic mass is 79.9. The summed E-state index contributed by atoms with van der Waals surface area (Å²) in [7, 11) is 2.13. The summed E-state index contributed by atoms with van der Waals surface area (Å²) in [6, 6.07) is 7.99. The number of halogens is 1. The molecule has 0 radical (unpaired) electrons. The highest BCUT2D eigenvalue weighted by molar-refractivity contribution is 9.10. The van der Waals surface area contributed by atoms with Crippen molar-refractivity contribution >= 4 is 21.8 Å². The molecule has 0 atom stereocenters. The van der Waals surface area contributed by atoms with Crippen molar-refractivity contribution in [3.05, 3.63) is 34.3 Å². The van der Waals surface area contributed by atoms with Gasteiger partial charge in [0.25, 0.3) is 5.91 Å². The van der Waals surface area contributed by atoms with Crippen molar-refractivity contribution in [2.24, 2.45) is 0 Å². The Morgan fingerprint density at radius 1 is 1.26 bits per heavy atom. The van der Waals surface area contributed by atoms with Crippen LogP contribution in [0.5, 0.6) is 0 Å². The summed E-state index contributed by atoms with van der Waals surface area (Å²) in [5.74, 6) is 0.00436. The van der Waals surface area contributed by atoms with E-state index in [4.69, 9.17) is 0 Å². The Morgan fingerprint density at radius 2 is 1.89 bits per heavy atom. The number of carbonyl (C=O) groups excluding carboxylic acids is 1. The molecule has 0 saturated heterocycles. The van der Waals surface area contributed by atoms with Gasteiger partial charge in [-0.3, -0.25) is 4.79 Å². The predicted molar refractivity (Wildman–Crippen MR) is 83.5 cm³/mol. The van der Waals surface area contributed by atoms with Crippen LogP contribution in [0.4, 0.5) is 0 Å². The third-order valence-electron chi connectivity index (χ3n) is 3.21. The summed E-state index contributed by atoms with van der Waals surface area (Å²) < 4.78 is 0.987. The Hall–Kier alpha value is -0.870. The zero-order valence-electron chi connectivity index (χ0n) is 11.9. The molecule has 1 aromatic rings. The van der Waals surface area contributed by atoms with Gasteiger partial charge in [-0.2, -0.15) is 0 Å². The van der Waals surface area contributed by atoms with E-state index in [0.29, 0.717) is 11.6 Å². The van der Waals surface area contributed by atoms with E-state index in [1.165, 1.54) is 0 Å². The molecule has 0 aromatic heterocycles. The van der Waals surface area contributed by atoms with Crippen molar-refractivity contribution in [1.82, 2.24) is 10.2 Å². The maximum absolute atomic E-state index is 11.8. The minimum absolute atomic E-state index is 0.00436. The predicted octanol–water partition coefficient (Wildman–Crippen LogP) is 3.30. The van der Waals surface area contributed by atoms with E-state index < -0.39 is 0 Å². The first-order valence-electron chi connectivity index (χ1n) is 6.74. The average molecular weight is 327 g/mol. The summed E-state index contributed by atoms with van der Waals surface area (Å²) in [5.41, 5.74) is 0.711. The lowest BCUT2D eigenvalue weighted by atomic mass is 10.2. The van der Waals surface area contributed by atoms with Crippen LogP contribution >= 0.6 is 15.9 Å². The Kier molecular flexibility index (Phi) is 7.10. The van der Waals surface area contributed by atoms with Gasteiger partial charge in [-0.15, -0.1) is 0 Å². The smallest absolute Gasteiger partial charge is 0.251 e. The van der Waals surface area contributed by atoms with Crippen LogP contribution in [0, 0.1) is 0 Å². The molecule has 4 heteroatoms. The number of benzene rings is 1. The second-order valence-corrected chi connectivity index (χ2v) is 5.96. The van der Waals surface area contributed by atoms with Crippen LogP contribution in [0.1, 0.15) is 37.0 Å². The van der Waals surface area contributed by atoms with Crippen LogP contribution in [0.2, 0.25) is 0 Å². The largest absolute Gasteiger partial charge is 0.352 e. The van der Waals surface area contributed by atoms with Gasteiger partial charge in [-0.05, 0) is 64.5 Å². The standard InChI is InChI=1S/C15H23BrN2O/c1-12(2)18(3)11-5-4-10-17-15(19)13-6-8-14(16)9-7-13/h6-9,12H,4-5,10-11H2,1-3H3,(H,17,19). The van der Waals surface area contributed by atoms with Gasteiger partial charge in [0.15, 0.2) is 0 Å². The summed E-state index contributed by atoms with van der Waals surface area (Å²) in [6.45, 7) is 6.19. The minimum atomic E-state index is 0.00436. The molecular weight excluding hydrogens is 304 g/mol. The second kappa shape index (κ2) is 8.33. The van der Waals surface area contributed by atoms with Gasteiger partial charge in [0, 0.05) is 22.6 Å². The quantitative estimate of drug-likeness (QED) is 0.780.